The van der Waals surface area contributed by atoms with Gasteiger partial charge in [-0.15, -0.1) is 0 Å². The van der Waals surface area contributed by atoms with Crippen molar-refractivity contribution in [1.29, 1.82) is 0 Å². The highest BCUT2D eigenvalue weighted by Gasteiger charge is 2.22. The smallest absolute Gasteiger partial charge is 0.316 e. The van der Waals surface area contributed by atoms with Gasteiger partial charge in [-0.3, -0.25) is 4.79 Å². The molecule has 0 radical (unpaired) electrons. The molecule has 0 aliphatic heterocycles. The lowest BCUT2D eigenvalue weighted by molar-refractivity contribution is 0.0889. The summed E-state index contributed by atoms with van der Waals surface area (Å²) in [4.78, 5) is 16.7. The third kappa shape index (κ3) is 3.92. The molecule has 140 valence electrons. The van der Waals surface area contributed by atoms with Gasteiger partial charge in [0.15, 0.2) is 0 Å². The van der Waals surface area contributed by atoms with Crippen molar-refractivity contribution in [1.82, 2.24) is 25.2 Å². The molecular weight excluding hydrogens is 342 g/mol. The van der Waals surface area contributed by atoms with Crippen LogP contribution in [0, 0.1) is 6.92 Å². The molecule has 0 atom stereocenters. The number of aromatic nitrogens is 4. The Morgan fingerprint density at radius 3 is 2.63 bits per heavy atom. The van der Waals surface area contributed by atoms with Crippen LogP contribution < -0.4 is 5.32 Å². The molecule has 7 heteroatoms. The quantitative estimate of drug-likeness (QED) is 0.713. The van der Waals surface area contributed by atoms with Crippen molar-refractivity contribution < 1.29 is 9.32 Å². The lowest BCUT2D eigenvalue weighted by Gasteiger charge is -2.14. The van der Waals surface area contributed by atoms with Gasteiger partial charge in [-0.25, -0.2) is 4.68 Å². The van der Waals surface area contributed by atoms with Crippen LogP contribution in [0.1, 0.15) is 54.9 Å². The number of rotatable bonds is 4. The summed E-state index contributed by atoms with van der Waals surface area (Å²) in [6.45, 7) is 1.89. The van der Waals surface area contributed by atoms with Crippen LogP contribution in [-0.4, -0.2) is 31.9 Å². The first-order chi connectivity index (χ1) is 13.2. The Balaban J connectivity index is 1.51. The monoisotopic (exact) mass is 365 g/mol. The molecule has 1 aliphatic rings. The molecule has 1 saturated carbocycles. The summed E-state index contributed by atoms with van der Waals surface area (Å²) in [5, 5.41) is 11.5. The first-order valence-corrected chi connectivity index (χ1v) is 9.47. The number of hydrogen-bond acceptors (Lipinski definition) is 5. The molecule has 1 fully saturated rings. The van der Waals surface area contributed by atoms with Crippen LogP contribution in [0.2, 0.25) is 0 Å². The van der Waals surface area contributed by atoms with Gasteiger partial charge in [-0.1, -0.05) is 49.0 Å². The van der Waals surface area contributed by atoms with E-state index in [1.165, 1.54) is 12.8 Å². The minimum atomic E-state index is -0.297. The molecule has 7 nitrogen and oxygen atoms in total. The van der Waals surface area contributed by atoms with Gasteiger partial charge < -0.3 is 9.84 Å². The third-order valence-corrected chi connectivity index (χ3v) is 4.97. The second-order valence-corrected chi connectivity index (χ2v) is 6.99. The van der Waals surface area contributed by atoms with Gasteiger partial charge in [0, 0.05) is 12.2 Å². The average molecular weight is 365 g/mol. The van der Waals surface area contributed by atoms with Crippen molar-refractivity contribution in [2.24, 2.45) is 0 Å². The van der Waals surface area contributed by atoms with Crippen molar-refractivity contribution in [2.75, 3.05) is 0 Å². The van der Waals surface area contributed by atoms with E-state index in [1.807, 2.05) is 43.5 Å². The molecule has 2 aromatic heterocycles. The van der Waals surface area contributed by atoms with Crippen LogP contribution in [0.3, 0.4) is 0 Å². The van der Waals surface area contributed by atoms with Gasteiger partial charge in [-0.05, 0) is 31.9 Å². The molecule has 4 rings (SSSR count). The number of aryl methyl sites for hydroxylation is 1. The summed E-state index contributed by atoms with van der Waals surface area (Å²) in [6.07, 6.45) is 8.65. The molecule has 0 spiro atoms. The fourth-order valence-corrected chi connectivity index (χ4v) is 3.49. The molecular formula is C20H23N5O2. The van der Waals surface area contributed by atoms with Gasteiger partial charge in [0.05, 0.1) is 16.9 Å². The Bertz CT molecular complexity index is 908. The Morgan fingerprint density at radius 1 is 1.15 bits per heavy atom. The maximum absolute atomic E-state index is 12.5. The number of carbonyl (C=O) groups is 1. The van der Waals surface area contributed by atoms with E-state index in [0.717, 1.165) is 42.6 Å². The van der Waals surface area contributed by atoms with Crippen LogP contribution in [0.4, 0.5) is 0 Å². The molecule has 27 heavy (non-hydrogen) atoms. The minimum Gasteiger partial charge on any atom is -0.345 e. The Kier molecular flexibility index (Phi) is 5.00. The van der Waals surface area contributed by atoms with Crippen molar-refractivity contribution in [3.8, 4) is 17.1 Å². The topological polar surface area (TPSA) is 85.8 Å². The van der Waals surface area contributed by atoms with E-state index in [9.17, 15) is 4.79 Å². The van der Waals surface area contributed by atoms with E-state index < -0.39 is 0 Å². The lowest BCUT2D eigenvalue weighted by atomic mass is 10.1. The van der Waals surface area contributed by atoms with E-state index >= 15 is 0 Å². The Morgan fingerprint density at radius 2 is 1.89 bits per heavy atom. The third-order valence-electron chi connectivity index (χ3n) is 4.97. The largest absolute Gasteiger partial charge is 0.345 e. The predicted molar refractivity (Wildman–Crippen MR) is 101 cm³/mol. The van der Waals surface area contributed by atoms with Crippen molar-refractivity contribution in [3.63, 3.8) is 0 Å². The number of nitrogens with zero attached hydrogens (tertiary/aromatic N) is 4. The normalized spacial score (nSPS) is 15.4. The van der Waals surface area contributed by atoms with Crippen LogP contribution in [0.25, 0.3) is 17.1 Å². The second kappa shape index (κ2) is 7.73. The summed E-state index contributed by atoms with van der Waals surface area (Å²) in [6, 6.07) is 10.00. The van der Waals surface area contributed by atoms with E-state index in [1.54, 1.807) is 4.68 Å². The Hall–Kier alpha value is -2.96. The van der Waals surface area contributed by atoms with Crippen molar-refractivity contribution >= 4 is 5.91 Å². The number of nitrogens with one attached hydrogen (secondary N) is 1. The van der Waals surface area contributed by atoms with Crippen LogP contribution in [0.5, 0.6) is 0 Å². The van der Waals surface area contributed by atoms with E-state index in [-0.39, 0.29) is 17.8 Å². The molecule has 1 aromatic carbocycles. The zero-order valence-electron chi connectivity index (χ0n) is 15.4. The maximum atomic E-state index is 12.5. The van der Waals surface area contributed by atoms with Gasteiger partial charge in [0.1, 0.15) is 0 Å². The highest BCUT2D eigenvalue weighted by Crippen LogP contribution is 2.22. The number of para-hydroxylation sites is 1. The highest BCUT2D eigenvalue weighted by molar-refractivity contribution is 5.90. The predicted octanol–water partition coefficient (Wildman–Crippen LogP) is 3.68. The second-order valence-electron chi connectivity index (χ2n) is 6.99. The first-order valence-electron chi connectivity index (χ1n) is 9.47. The van der Waals surface area contributed by atoms with E-state index in [0.29, 0.717) is 5.82 Å². The summed E-state index contributed by atoms with van der Waals surface area (Å²) in [5.74, 6) is 0.0792. The van der Waals surface area contributed by atoms with Crippen LogP contribution in [-0.2, 0) is 0 Å². The zero-order chi connectivity index (χ0) is 18.6. The highest BCUT2D eigenvalue weighted by atomic mass is 16.5. The number of carbonyl (C=O) groups excluding carboxylic acids is 1. The van der Waals surface area contributed by atoms with E-state index in [4.69, 9.17) is 4.52 Å². The Labute approximate surface area is 157 Å². The summed E-state index contributed by atoms with van der Waals surface area (Å²) < 4.78 is 6.98. The molecule has 0 unspecified atom stereocenters. The number of amides is 1. The maximum Gasteiger partial charge on any atom is 0.316 e. The van der Waals surface area contributed by atoms with Gasteiger partial charge >= 0.3 is 11.8 Å². The fourth-order valence-electron chi connectivity index (χ4n) is 3.49. The minimum absolute atomic E-state index is 0.00103. The van der Waals surface area contributed by atoms with Crippen molar-refractivity contribution in [2.45, 2.75) is 51.5 Å². The molecule has 2 heterocycles. The lowest BCUT2D eigenvalue weighted by Crippen LogP contribution is -2.34. The van der Waals surface area contributed by atoms with Crippen molar-refractivity contribution in [3.05, 3.63) is 48.1 Å². The van der Waals surface area contributed by atoms with Gasteiger partial charge in [-0.2, -0.15) is 10.1 Å². The summed E-state index contributed by atoms with van der Waals surface area (Å²) in [7, 11) is 0. The van der Waals surface area contributed by atoms with Crippen LogP contribution >= 0.6 is 0 Å². The molecule has 0 bridgehead atoms. The molecule has 0 saturated heterocycles. The number of benzene rings is 1. The standard InChI is InChI=1S/C20H23N5O2/c1-14-17(13-25(23-14)16-11-7-4-8-12-16)18-22-20(27-24-18)19(26)21-15-9-5-2-3-6-10-15/h4,7-8,11-13,15H,2-3,5-6,9-10H2,1H3,(H,21,26). The van der Waals surface area contributed by atoms with Gasteiger partial charge in [0.25, 0.3) is 0 Å². The fraction of sp³-hybridized carbons (Fsp3) is 0.400. The molecule has 1 amide bonds. The molecule has 3 aromatic rings. The SMILES string of the molecule is Cc1nn(-c2ccccc2)cc1-c1noc(C(=O)NC2CCCCCC2)n1. The van der Waals surface area contributed by atoms with Gasteiger partial charge in [0.2, 0.25) is 5.82 Å². The summed E-state index contributed by atoms with van der Waals surface area (Å²) in [5.41, 5.74) is 2.47. The molecule has 1 aliphatic carbocycles. The van der Waals surface area contributed by atoms with Crippen LogP contribution in [0.15, 0.2) is 41.1 Å². The zero-order valence-corrected chi connectivity index (χ0v) is 15.4. The number of hydrogen-bond donors (Lipinski definition) is 1. The first kappa shape index (κ1) is 17.5. The molecule has 1 N–H and O–H groups in total. The van der Waals surface area contributed by atoms with E-state index in [2.05, 4.69) is 20.6 Å². The summed E-state index contributed by atoms with van der Waals surface area (Å²) >= 11 is 0. The average Bonchev–Trinajstić information content (AvgIpc) is 3.23.